The molecule has 0 aliphatic carbocycles. The summed E-state index contributed by atoms with van der Waals surface area (Å²) in [5, 5.41) is 14.6. The summed E-state index contributed by atoms with van der Waals surface area (Å²) in [6.07, 6.45) is 6.43. The molecule has 1 fully saturated rings. The molecule has 1 aliphatic heterocycles. The summed E-state index contributed by atoms with van der Waals surface area (Å²) in [4.78, 5) is 2.52. The summed E-state index contributed by atoms with van der Waals surface area (Å²) in [5.74, 6) is 0. The van der Waals surface area contributed by atoms with E-state index in [1.54, 1.807) is 10.9 Å². The van der Waals surface area contributed by atoms with E-state index in [0.717, 1.165) is 25.1 Å². The highest BCUT2D eigenvalue weighted by Crippen LogP contribution is 2.28. The summed E-state index contributed by atoms with van der Waals surface area (Å²) in [6.45, 7) is 4.28. The SMILES string of the molecule is Cc1ccccc1CN1CCCC1CC(O)c1cnn(C)c1. The fourth-order valence-electron chi connectivity index (χ4n) is 3.38. The van der Waals surface area contributed by atoms with E-state index in [4.69, 9.17) is 0 Å². The molecule has 2 unspecified atom stereocenters. The molecule has 1 aliphatic rings. The molecule has 2 atom stereocenters. The molecule has 1 aromatic heterocycles. The summed E-state index contributed by atoms with van der Waals surface area (Å²) < 4.78 is 1.75. The van der Waals surface area contributed by atoms with Crippen LogP contribution in [-0.4, -0.2) is 32.4 Å². The van der Waals surface area contributed by atoms with Crippen LogP contribution in [0.4, 0.5) is 0 Å². The minimum atomic E-state index is -0.420. The van der Waals surface area contributed by atoms with Gasteiger partial charge in [-0.15, -0.1) is 0 Å². The van der Waals surface area contributed by atoms with Gasteiger partial charge >= 0.3 is 0 Å². The number of aliphatic hydroxyl groups is 1. The molecular weight excluding hydrogens is 274 g/mol. The predicted octanol–water partition coefficient (Wildman–Crippen LogP) is 2.82. The molecule has 0 saturated carbocycles. The number of nitrogens with zero attached hydrogens (tertiary/aromatic N) is 3. The van der Waals surface area contributed by atoms with Crippen LogP contribution in [0, 0.1) is 6.92 Å². The summed E-state index contributed by atoms with van der Waals surface area (Å²) >= 11 is 0. The largest absolute Gasteiger partial charge is 0.388 e. The first-order valence-electron chi connectivity index (χ1n) is 8.08. The van der Waals surface area contributed by atoms with Gasteiger partial charge in [0.15, 0.2) is 0 Å². The minimum absolute atomic E-state index is 0.420. The van der Waals surface area contributed by atoms with Crippen LogP contribution < -0.4 is 0 Å². The molecule has 4 heteroatoms. The molecule has 118 valence electrons. The van der Waals surface area contributed by atoms with Gasteiger partial charge in [0.2, 0.25) is 0 Å². The predicted molar refractivity (Wildman–Crippen MR) is 87.4 cm³/mol. The Hall–Kier alpha value is -1.65. The van der Waals surface area contributed by atoms with Crippen LogP contribution >= 0.6 is 0 Å². The fraction of sp³-hybridized carbons (Fsp3) is 0.500. The fourth-order valence-corrected chi connectivity index (χ4v) is 3.38. The van der Waals surface area contributed by atoms with Gasteiger partial charge in [0, 0.05) is 31.4 Å². The second-order valence-corrected chi connectivity index (χ2v) is 6.39. The van der Waals surface area contributed by atoms with E-state index >= 15 is 0 Å². The maximum absolute atomic E-state index is 10.5. The highest BCUT2D eigenvalue weighted by atomic mass is 16.3. The van der Waals surface area contributed by atoms with E-state index in [1.165, 1.54) is 24.0 Å². The van der Waals surface area contributed by atoms with E-state index in [2.05, 4.69) is 41.2 Å². The van der Waals surface area contributed by atoms with Gasteiger partial charge in [-0.05, 0) is 43.9 Å². The van der Waals surface area contributed by atoms with Gasteiger partial charge in [-0.1, -0.05) is 24.3 Å². The van der Waals surface area contributed by atoms with Crippen molar-refractivity contribution in [1.29, 1.82) is 0 Å². The van der Waals surface area contributed by atoms with Gasteiger partial charge in [0.1, 0.15) is 0 Å². The molecule has 3 rings (SSSR count). The maximum Gasteiger partial charge on any atom is 0.0835 e. The average molecular weight is 299 g/mol. The average Bonchev–Trinajstić information content (AvgIpc) is 3.11. The van der Waals surface area contributed by atoms with E-state index < -0.39 is 6.10 Å². The second kappa shape index (κ2) is 6.63. The molecule has 4 nitrogen and oxygen atoms in total. The number of hydrogen-bond acceptors (Lipinski definition) is 3. The molecular formula is C18H25N3O. The number of rotatable bonds is 5. The number of aromatic nitrogens is 2. The van der Waals surface area contributed by atoms with Crippen LogP contribution in [0.25, 0.3) is 0 Å². The summed E-state index contributed by atoms with van der Waals surface area (Å²) in [5.41, 5.74) is 3.66. The first-order valence-corrected chi connectivity index (χ1v) is 8.08. The first kappa shape index (κ1) is 15.3. The van der Waals surface area contributed by atoms with Crippen molar-refractivity contribution >= 4 is 0 Å². The quantitative estimate of drug-likeness (QED) is 0.923. The zero-order chi connectivity index (χ0) is 15.5. The lowest BCUT2D eigenvalue weighted by Gasteiger charge is -2.26. The van der Waals surface area contributed by atoms with Gasteiger partial charge in [-0.3, -0.25) is 9.58 Å². The topological polar surface area (TPSA) is 41.3 Å². The van der Waals surface area contributed by atoms with Crippen LogP contribution in [0.5, 0.6) is 0 Å². The molecule has 1 N–H and O–H groups in total. The lowest BCUT2D eigenvalue weighted by Crippen LogP contribution is -2.30. The Kier molecular flexibility index (Phi) is 4.60. The molecule has 1 saturated heterocycles. The molecule has 22 heavy (non-hydrogen) atoms. The standard InChI is InChI=1S/C18H25N3O/c1-14-6-3-4-7-15(14)13-21-9-5-8-17(21)10-18(22)16-11-19-20(2)12-16/h3-4,6-7,11-12,17-18,22H,5,8-10,13H2,1-2H3. The third-order valence-electron chi connectivity index (χ3n) is 4.74. The van der Waals surface area contributed by atoms with E-state index in [1.807, 2.05) is 13.2 Å². The second-order valence-electron chi connectivity index (χ2n) is 6.39. The zero-order valence-corrected chi connectivity index (χ0v) is 13.4. The number of hydrogen-bond donors (Lipinski definition) is 1. The van der Waals surface area contributed by atoms with Crippen molar-refractivity contribution in [2.75, 3.05) is 6.54 Å². The van der Waals surface area contributed by atoms with Gasteiger partial charge in [-0.25, -0.2) is 0 Å². The lowest BCUT2D eigenvalue weighted by molar-refractivity contribution is 0.118. The van der Waals surface area contributed by atoms with E-state index in [-0.39, 0.29) is 0 Å². The van der Waals surface area contributed by atoms with Gasteiger partial charge in [-0.2, -0.15) is 5.10 Å². The van der Waals surface area contributed by atoms with Crippen LogP contribution in [-0.2, 0) is 13.6 Å². The van der Waals surface area contributed by atoms with E-state index in [9.17, 15) is 5.11 Å². The highest BCUT2D eigenvalue weighted by molar-refractivity contribution is 5.25. The van der Waals surface area contributed by atoms with Gasteiger partial charge in [0.25, 0.3) is 0 Å². The third-order valence-corrected chi connectivity index (χ3v) is 4.74. The number of aryl methyl sites for hydroxylation is 2. The summed E-state index contributed by atoms with van der Waals surface area (Å²) in [6, 6.07) is 9.03. The smallest absolute Gasteiger partial charge is 0.0835 e. The Bertz CT molecular complexity index is 622. The van der Waals surface area contributed by atoms with Gasteiger partial charge in [0.05, 0.1) is 12.3 Å². The Labute approximate surface area is 132 Å². The third kappa shape index (κ3) is 3.39. The molecule has 0 radical (unpaired) electrons. The molecule has 0 amide bonds. The number of aliphatic hydroxyl groups excluding tert-OH is 1. The minimum Gasteiger partial charge on any atom is -0.388 e. The van der Waals surface area contributed by atoms with Crippen LogP contribution in [0.3, 0.4) is 0 Å². The molecule has 0 spiro atoms. The lowest BCUT2D eigenvalue weighted by atomic mass is 10.0. The highest BCUT2D eigenvalue weighted by Gasteiger charge is 2.27. The maximum atomic E-state index is 10.5. The van der Waals surface area contributed by atoms with Crippen molar-refractivity contribution in [3.05, 3.63) is 53.3 Å². The van der Waals surface area contributed by atoms with Crippen molar-refractivity contribution in [3.8, 4) is 0 Å². The van der Waals surface area contributed by atoms with Gasteiger partial charge < -0.3 is 5.11 Å². The van der Waals surface area contributed by atoms with Crippen molar-refractivity contribution < 1.29 is 5.11 Å². The Balaban J connectivity index is 1.64. The van der Waals surface area contributed by atoms with Crippen molar-refractivity contribution in [1.82, 2.24) is 14.7 Å². The zero-order valence-electron chi connectivity index (χ0n) is 13.4. The van der Waals surface area contributed by atoms with Crippen LogP contribution in [0.1, 0.15) is 42.1 Å². The van der Waals surface area contributed by atoms with Crippen molar-refractivity contribution in [2.45, 2.75) is 44.9 Å². The van der Waals surface area contributed by atoms with E-state index in [0.29, 0.717) is 6.04 Å². The number of likely N-dealkylation sites (tertiary alicyclic amines) is 1. The first-order chi connectivity index (χ1) is 10.6. The molecule has 2 heterocycles. The Morgan fingerprint density at radius 3 is 2.91 bits per heavy atom. The molecule has 1 aromatic carbocycles. The Morgan fingerprint density at radius 2 is 2.18 bits per heavy atom. The molecule has 2 aromatic rings. The van der Waals surface area contributed by atoms with Crippen LogP contribution in [0.2, 0.25) is 0 Å². The van der Waals surface area contributed by atoms with Crippen molar-refractivity contribution in [3.63, 3.8) is 0 Å². The van der Waals surface area contributed by atoms with Crippen molar-refractivity contribution in [2.24, 2.45) is 7.05 Å². The summed E-state index contributed by atoms with van der Waals surface area (Å²) in [7, 11) is 1.89. The van der Waals surface area contributed by atoms with Crippen LogP contribution in [0.15, 0.2) is 36.7 Å². The monoisotopic (exact) mass is 299 g/mol. The molecule has 0 bridgehead atoms. The Morgan fingerprint density at radius 1 is 1.36 bits per heavy atom. The number of benzene rings is 1. The normalized spacial score (nSPS) is 20.4.